The molecule has 1 aromatic heterocycles. The van der Waals surface area contributed by atoms with Gasteiger partial charge in [0.15, 0.2) is 0 Å². The first-order chi connectivity index (χ1) is 7.60. The summed E-state index contributed by atoms with van der Waals surface area (Å²) < 4.78 is 0. The third-order valence-corrected chi connectivity index (χ3v) is 2.58. The van der Waals surface area contributed by atoms with Crippen LogP contribution in [0.1, 0.15) is 25.0 Å². The number of nitrogens with two attached hydrogens (primary N) is 1. The Bertz CT molecular complexity index is 339. The Balaban J connectivity index is 3.00. The second-order valence-corrected chi connectivity index (χ2v) is 4.20. The van der Waals surface area contributed by atoms with E-state index in [4.69, 9.17) is 10.8 Å². The second kappa shape index (κ2) is 5.82. The lowest BCUT2D eigenvalue weighted by molar-refractivity contribution is 0.298. The molecule has 0 aliphatic heterocycles. The molecule has 1 rings (SSSR count). The molecule has 0 radical (unpaired) electrons. The van der Waals surface area contributed by atoms with Crippen molar-refractivity contribution in [2.75, 3.05) is 18.1 Å². The molecule has 0 aliphatic rings. The van der Waals surface area contributed by atoms with Crippen LogP contribution < -0.4 is 10.6 Å². The van der Waals surface area contributed by atoms with E-state index in [9.17, 15) is 0 Å². The minimum atomic E-state index is 0.137. The van der Waals surface area contributed by atoms with E-state index in [2.05, 4.69) is 29.8 Å². The Hall–Kier alpha value is -1.13. The van der Waals surface area contributed by atoms with Crippen LogP contribution in [0, 0.1) is 6.92 Å². The summed E-state index contributed by atoms with van der Waals surface area (Å²) in [6, 6.07) is 2.37. The predicted molar refractivity (Wildman–Crippen MR) is 66.4 cm³/mol. The highest BCUT2D eigenvalue weighted by Crippen LogP contribution is 2.19. The number of aliphatic hydroxyl groups is 1. The van der Waals surface area contributed by atoms with Crippen LogP contribution >= 0.6 is 0 Å². The van der Waals surface area contributed by atoms with E-state index in [-0.39, 0.29) is 6.61 Å². The minimum Gasteiger partial charge on any atom is -0.395 e. The van der Waals surface area contributed by atoms with Gasteiger partial charge >= 0.3 is 0 Å². The van der Waals surface area contributed by atoms with Crippen molar-refractivity contribution in [3.05, 3.63) is 23.4 Å². The van der Waals surface area contributed by atoms with E-state index in [0.717, 1.165) is 16.9 Å². The average Bonchev–Trinajstić information content (AvgIpc) is 2.26. The summed E-state index contributed by atoms with van der Waals surface area (Å²) in [5.41, 5.74) is 7.71. The van der Waals surface area contributed by atoms with Crippen molar-refractivity contribution in [1.29, 1.82) is 0 Å². The van der Waals surface area contributed by atoms with Crippen molar-refractivity contribution >= 4 is 5.82 Å². The van der Waals surface area contributed by atoms with E-state index in [0.29, 0.717) is 19.1 Å². The van der Waals surface area contributed by atoms with Crippen LogP contribution in [0.15, 0.2) is 12.3 Å². The Morgan fingerprint density at radius 2 is 2.19 bits per heavy atom. The third kappa shape index (κ3) is 2.93. The number of pyridine rings is 1. The molecule has 0 saturated heterocycles. The van der Waals surface area contributed by atoms with E-state index in [1.807, 2.05) is 6.92 Å². The summed E-state index contributed by atoms with van der Waals surface area (Å²) in [5, 5.41) is 9.05. The molecule has 3 N–H and O–H groups in total. The number of aliphatic hydroxyl groups excluding tert-OH is 1. The predicted octanol–water partition coefficient (Wildman–Crippen LogP) is 1.06. The van der Waals surface area contributed by atoms with Crippen LogP contribution in [-0.2, 0) is 6.54 Å². The van der Waals surface area contributed by atoms with Crippen LogP contribution in [0.4, 0.5) is 5.82 Å². The summed E-state index contributed by atoms with van der Waals surface area (Å²) in [6.07, 6.45) is 1.80. The topological polar surface area (TPSA) is 62.4 Å². The number of aromatic nitrogens is 1. The van der Waals surface area contributed by atoms with Gasteiger partial charge in [-0.1, -0.05) is 0 Å². The lowest BCUT2D eigenvalue weighted by Crippen LogP contribution is -2.34. The normalized spacial score (nSPS) is 10.9. The molecule has 0 fully saturated rings. The second-order valence-electron chi connectivity index (χ2n) is 4.20. The first kappa shape index (κ1) is 12.9. The Morgan fingerprint density at radius 1 is 1.50 bits per heavy atom. The molecular formula is C12H21N3O. The maximum Gasteiger partial charge on any atom is 0.131 e. The maximum atomic E-state index is 9.05. The van der Waals surface area contributed by atoms with Crippen molar-refractivity contribution in [2.24, 2.45) is 5.73 Å². The van der Waals surface area contributed by atoms with Crippen molar-refractivity contribution in [2.45, 2.75) is 33.4 Å². The molecule has 0 atom stereocenters. The SMILES string of the molecule is Cc1cc(CN)cnc1N(CCO)C(C)C. The number of aryl methyl sites for hydroxylation is 1. The molecule has 90 valence electrons. The highest BCUT2D eigenvalue weighted by atomic mass is 16.3. The molecular weight excluding hydrogens is 202 g/mol. The number of anilines is 1. The average molecular weight is 223 g/mol. The fourth-order valence-electron chi connectivity index (χ4n) is 1.75. The smallest absolute Gasteiger partial charge is 0.131 e. The van der Waals surface area contributed by atoms with Crippen LogP contribution in [0.2, 0.25) is 0 Å². The van der Waals surface area contributed by atoms with Gasteiger partial charge in [0, 0.05) is 25.3 Å². The molecule has 1 aromatic rings. The van der Waals surface area contributed by atoms with E-state index >= 15 is 0 Å². The van der Waals surface area contributed by atoms with Gasteiger partial charge in [-0.25, -0.2) is 4.98 Å². The maximum absolute atomic E-state index is 9.05. The largest absolute Gasteiger partial charge is 0.395 e. The van der Waals surface area contributed by atoms with Crippen LogP contribution in [0.3, 0.4) is 0 Å². The van der Waals surface area contributed by atoms with Gasteiger partial charge < -0.3 is 15.7 Å². The zero-order valence-corrected chi connectivity index (χ0v) is 10.3. The molecule has 0 aromatic carbocycles. The van der Waals surface area contributed by atoms with Gasteiger partial charge in [-0.15, -0.1) is 0 Å². The molecule has 16 heavy (non-hydrogen) atoms. The molecule has 4 nitrogen and oxygen atoms in total. The van der Waals surface area contributed by atoms with Gasteiger partial charge in [0.25, 0.3) is 0 Å². The molecule has 0 amide bonds. The van der Waals surface area contributed by atoms with E-state index in [1.54, 1.807) is 6.20 Å². The molecule has 0 aliphatic carbocycles. The lowest BCUT2D eigenvalue weighted by Gasteiger charge is -2.28. The first-order valence-corrected chi connectivity index (χ1v) is 5.63. The monoisotopic (exact) mass is 223 g/mol. The van der Waals surface area contributed by atoms with Gasteiger partial charge in [0.05, 0.1) is 6.61 Å². The zero-order valence-electron chi connectivity index (χ0n) is 10.3. The summed E-state index contributed by atoms with van der Waals surface area (Å²) in [6.45, 7) is 7.46. The van der Waals surface area contributed by atoms with Crippen molar-refractivity contribution < 1.29 is 5.11 Å². The number of hydrogen-bond acceptors (Lipinski definition) is 4. The van der Waals surface area contributed by atoms with E-state index < -0.39 is 0 Å². The van der Waals surface area contributed by atoms with Gasteiger partial charge in [-0.05, 0) is 38.0 Å². The summed E-state index contributed by atoms with van der Waals surface area (Å²) in [7, 11) is 0. The molecule has 0 unspecified atom stereocenters. The van der Waals surface area contributed by atoms with Crippen molar-refractivity contribution in [3.8, 4) is 0 Å². The highest BCUT2D eigenvalue weighted by Gasteiger charge is 2.13. The van der Waals surface area contributed by atoms with Gasteiger partial charge in [0.2, 0.25) is 0 Å². The number of rotatable bonds is 5. The number of nitrogens with zero attached hydrogens (tertiary/aromatic N) is 2. The quantitative estimate of drug-likeness (QED) is 0.783. The Morgan fingerprint density at radius 3 is 2.62 bits per heavy atom. The fourth-order valence-corrected chi connectivity index (χ4v) is 1.75. The molecule has 0 spiro atoms. The summed E-state index contributed by atoms with van der Waals surface area (Å²) in [4.78, 5) is 6.52. The van der Waals surface area contributed by atoms with Crippen LogP contribution in [-0.4, -0.2) is 29.3 Å². The zero-order chi connectivity index (χ0) is 12.1. The van der Waals surface area contributed by atoms with Crippen LogP contribution in [0.25, 0.3) is 0 Å². The molecule has 0 saturated carbocycles. The van der Waals surface area contributed by atoms with Gasteiger partial charge in [0.1, 0.15) is 5.82 Å². The Kier molecular flexibility index (Phi) is 4.71. The fraction of sp³-hybridized carbons (Fsp3) is 0.583. The summed E-state index contributed by atoms with van der Waals surface area (Å²) >= 11 is 0. The first-order valence-electron chi connectivity index (χ1n) is 5.63. The standard InChI is InChI=1S/C12H21N3O/c1-9(2)15(4-5-16)12-10(3)6-11(7-13)8-14-12/h6,8-9,16H,4-5,7,13H2,1-3H3. The number of hydrogen-bond donors (Lipinski definition) is 2. The van der Waals surface area contributed by atoms with Crippen molar-refractivity contribution in [1.82, 2.24) is 4.98 Å². The summed E-state index contributed by atoms with van der Waals surface area (Å²) in [5.74, 6) is 0.932. The third-order valence-electron chi connectivity index (χ3n) is 2.58. The minimum absolute atomic E-state index is 0.137. The highest BCUT2D eigenvalue weighted by molar-refractivity contribution is 5.48. The van der Waals surface area contributed by atoms with Gasteiger partial charge in [-0.2, -0.15) is 0 Å². The van der Waals surface area contributed by atoms with Crippen molar-refractivity contribution in [3.63, 3.8) is 0 Å². The molecule has 1 heterocycles. The van der Waals surface area contributed by atoms with E-state index in [1.165, 1.54) is 0 Å². The van der Waals surface area contributed by atoms with Crippen LogP contribution in [0.5, 0.6) is 0 Å². The molecule has 4 heteroatoms. The Labute approximate surface area is 97.1 Å². The van der Waals surface area contributed by atoms with Gasteiger partial charge in [-0.3, -0.25) is 0 Å². The molecule has 0 bridgehead atoms. The lowest BCUT2D eigenvalue weighted by atomic mass is 10.2.